The topological polar surface area (TPSA) is 71.3 Å². The first kappa shape index (κ1) is 20.6. The number of carbonyl (C=O) groups excluding carboxylic acids is 1. The number of nitrogens with one attached hydrogen (secondary N) is 1. The summed E-state index contributed by atoms with van der Waals surface area (Å²) in [5.41, 5.74) is 3.54. The summed E-state index contributed by atoms with van der Waals surface area (Å²) in [4.78, 5) is 23.7. The van der Waals surface area contributed by atoms with Gasteiger partial charge in [0.1, 0.15) is 12.4 Å². The molecule has 0 atom stereocenters. The number of amides is 1. The van der Waals surface area contributed by atoms with Crippen molar-refractivity contribution in [3.05, 3.63) is 76.7 Å². The molecule has 0 aliphatic heterocycles. The fourth-order valence-corrected chi connectivity index (χ4v) is 3.27. The van der Waals surface area contributed by atoms with E-state index in [1.165, 1.54) is 12.1 Å². The maximum absolute atomic E-state index is 13.3. The summed E-state index contributed by atoms with van der Waals surface area (Å²) in [5, 5.41) is 12.4. The second kappa shape index (κ2) is 8.92. The zero-order valence-electron chi connectivity index (χ0n) is 15.8. The molecule has 5 nitrogen and oxygen atoms in total. The number of anilines is 1. The molecule has 0 aliphatic rings. The predicted molar refractivity (Wildman–Crippen MR) is 111 cm³/mol. The third-order valence-electron chi connectivity index (χ3n) is 4.65. The Kier molecular flexibility index (Phi) is 6.34. The van der Waals surface area contributed by atoms with E-state index in [0.717, 1.165) is 11.1 Å². The van der Waals surface area contributed by atoms with Crippen molar-refractivity contribution in [3.63, 3.8) is 0 Å². The zero-order chi connectivity index (χ0) is 21.0. The molecule has 0 saturated carbocycles. The van der Waals surface area contributed by atoms with Crippen LogP contribution in [-0.4, -0.2) is 21.6 Å². The van der Waals surface area contributed by atoms with Crippen molar-refractivity contribution < 1.29 is 19.1 Å². The minimum absolute atomic E-state index is 0.0133. The third kappa shape index (κ3) is 5.03. The Morgan fingerprint density at radius 1 is 1.10 bits per heavy atom. The average molecular weight is 415 g/mol. The van der Waals surface area contributed by atoms with E-state index in [4.69, 9.17) is 16.7 Å². The summed E-state index contributed by atoms with van der Waals surface area (Å²) in [6, 6.07) is 14.8. The summed E-state index contributed by atoms with van der Waals surface area (Å²) in [5.74, 6) is -1.54. The summed E-state index contributed by atoms with van der Waals surface area (Å²) in [7, 11) is 0. The third-order valence-corrected chi connectivity index (χ3v) is 5.06. The van der Waals surface area contributed by atoms with Crippen LogP contribution >= 0.6 is 11.6 Å². The first-order valence-electron chi connectivity index (χ1n) is 9.06. The van der Waals surface area contributed by atoms with Gasteiger partial charge in [-0.15, -0.1) is 0 Å². The molecule has 0 unspecified atom stereocenters. The molecule has 2 N–H and O–H groups in total. The van der Waals surface area contributed by atoms with Gasteiger partial charge in [-0.25, -0.2) is 4.39 Å². The van der Waals surface area contributed by atoms with Crippen LogP contribution in [0.5, 0.6) is 0 Å². The van der Waals surface area contributed by atoms with Crippen LogP contribution in [0.3, 0.4) is 0 Å². The normalized spacial score (nSPS) is 10.7. The molecule has 0 spiro atoms. The number of carboxylic acids is 1. The Hall–Kier alpha value is -3.12. The molecular weight excluding hydrogens is 395 g/mol. The van der Waals surface area contributed by atoms with E-state index in [2.05, 4.69) is 5.32 Å². The number of rotatable bonds is 7. The van der Waals surface area contributed by atoms with Crippen molar-refractivity contribution in [2.75, 3.05) is 5.32 Å². The highest BCUT2D eigenvalue weighted by Gasteiger charge is 2.15. The monoisotopic (exact) mass is 414 g/mol. The van der Waals surface area contributed by atoms with Crippen molar-refractivity contribution >= 4 is 29.2 Å². The molecule has 2 aromatic carbocycles. The van der Waals surface area contributed by atoms with Gasteiger partial charge in [0.05, 0.1) is 6.42 Å². The van der Waals surface area contributed by atoms with Crippen molar-refractivity contribution in [2.24, 2.45) is 0 Å². The van der Waals surface area contributed by atoms with Crippen LogP contribution < -0.4 is 5.32 Å². The Bertz CT molecular complexity index is 1040. The molecule has 3 rings (SSSR count). The highest BCUT2D eigenvalue weighted by atomic mass is 35.5. The smallest absolute Gasteiger partial charge is 0.303 e. The minimum atomic E-state index is -0.917. The molecule has 1 aromatic heterocycles. The number of hydrogen-bond acceptors (Lipinski definition) is 2. The van der Waals surface area contributed by atoms with Crippen molar-refractivity contribution in [1.82, 2.24) is 4.57 Å². The van der Waals surface area contributed by atoms with Crippen LogP contribution in [0.2, 0.25) is 5.02 Å². The maximum atomic E-state index is 13.3. The second-order valence-electron chi connectivity index (χ2n) is 6.66. The van der Waals surface area contributed by atoms with Gasteiger partial charge in [-0.05, 0) is 73.0 Å². The van der Waals surface area contributed by atoms with Gasteiger partial charge in [0.25, 0.3) is 0 Å². The van der Waals surface area contributed by atoms with Gasteiger partial charge < -0.3 is 15.0 Å². The van der Waals surface area contributed by atoms with E-state index in [1.807, 2.05) is 13.0 Å². The highest BCUT2D eigenvalue weighted by molar-refractivity contribution is 6.31. The molecule has 0 aliphatic carbocycles. The fourth-order valence-electron chi connectivity index (χ4n) is 3.10. The van der Waals surface area contributed by atoms with Crippen LogP contribution in [0.25, 0.3) is 11.3 Å². The Labute approximate surface area is 172 Å². The standard InChI is InChI=1S/C22H20ClFN2O3/c1-14-18(23)3-2-4-19(14)25-21(27)13-26-17(10-12-22(28)29)9-11-20(26)15-5-7-16(24)8-6-15/h2-9,11H,10,12-13H2,1H3,(H,25,27)(H,28,29). The number of aliphatic carboxylic acids is 1. The summed E-state index contributed by atoms with van der Waals surface area (Å²) < 4.78 is 15.0. The van der Waals surface area contributed by atoms with Gasteiger partial charge in [0, 0.05) is 22.1 Å². The predicted octanol–water partition coefficient (Wildman–Crippen LogP) is 4.91. The second-order valence-corrected chi connectivity index (χ2v) is 7.06. The molecule has 1 amide bonds. The lowest BCUT2D eigenvalue weighted by Gasteiger charge is -2.15. The Morgan fingerprint density at radius 3 is 2.52 bits per heavy atom. The van der Waals surface area contributed by atoms with Crippen LogP contribution in [0.4, 0.5) is 10.1 Å². The Balaban J connectivity index is 1.89. The van der Waals surface area contributed by atoms with Crippen LogP contribution in [0.15, 0.2) is 54.6 Å². The zero-order valence-corrected chi connectivity index (χ0v) is 16.5. The molecule has 7 heteroatoms. The molecule has 29 heavy (non-hydrogen) atoms. The molecule has 0 radical (unpaired) electrons. The SMILES string of the molecule is Cc1c(Cl)cccc1NC(=O)Cn1c(CCC(=O)O)ccc1-c1ccc(F)cc1. The lowest BCUT2D eigenvalue weighted by molar-refractivity contribution is -0.137. The van der Waals surface area contributed by atoms with Gasteiger partial charge in [-0.2, -0.15) is 0 Å². The van der Waals surface area contributed by atoms with Gasteiger partial charge in [0.15, 0.2) is 0 Å². The molecule has 0 saturated heterocycles. The summed E-state index contributed by atoms with van der Waals surface area (Å²) >= 11 is 6.11. The molecule has 0 bridgehead atoms. The summed E-state index contributed by atoms with van der Waals surface area (Å²) in [6.45, 7) is 1.80. The number of hydrogen-bond donors (Lipinski definition) is 2. The van der Waals surface area contributed by atoms with E-state index in [1.54, 1.807) is 41.0 Å². The highest BCUT2D eigenvalue weighted by Crippen LogP contribution is 2.26. The molecule has 3 aromatic rings. The van der Waals surface area contributed by atoms with Gasteiger partial charge >= 0.3 is 5.97 Å². The van der Waals surface area contributed by atoms with Gasteiger partial charge in [-0.1, -0.05) is 17.7 Å². The largest absolute Gasteiger partial charge is 0.481 e. The fraction of sp³-hybridized carbons (Fsp3) is 0.182. The Morgan fingerprint density at radius 2 is 1.83 bits per heavy atom. The number of carboxylic acid groups (broad SMARTS) is 1. The van der Waals surface area contributed by atoms with Crippen LogP contribution in [0, 0.1) is 12.7 Å². The van der Waals surface area contributed by atoms with E-state index in [-0.39, 0.29) is 31.1 Å². The molecule has 1 heterocycles. The van der Waals surface area contributed by atoms with Crippen LogP contribution in [0.1, 0.15) is 17.7 Å². The lowest BCUT2D eigenvalue weighted by atomic mass is 10.1. The lowest BCUT2D eigenvalue weighted by Crippen LogP contribution is -2.21. The minimum Gasteiger partial charge on any atom is -0.481 e. The first-order valence-corrected chi connectivity index (χ1v) is 9.44. The number of aryl methyl sites for hydroxylation is 1. The number of aromatic nitrogens is 1. The number of benzene rings is 2. The van der Waals surface area contributed by atoms with Gasteiger partial charge in [0.2, 0.25) is 5.91 Å². The number of nitrogens with zero attached hydrogens (tertiary/aromatic N) is 1. The van der Waals surface area contributed by atoms with Crippen molar-refractivity contribution in [1.29, 1.82) is 0 Å². The van der Waals surface area contributed by atoms with E-state index in [0.29, 0.717) is 22.1 Å². The van der Waals surface area contributed by atoms with E-state index < -0.39 is 5.97 Å². The van der Waals surface area contributed by atoms with Crippen molar-refractivity contribution in [3.8, 4) is 11.3 Å². The maximum Gasteiger partial charge on any atom is 0.303 e. The summed E-state index contributed by atoms with van der Waals surface area (Å²) in [6.07, 6.45) is 0.224. The first-order chi connectivity index (χ1) is 13.8. The van der Waals surface area contributed by atoms with Crippen molar-refractivity contribution in [2.45, 2.75) is 26.3 Å². The molecule has 0 fully saturated rings. The average Bonchev–Trinajstić information content (AvgIpc) is 3.07. The van der Waals surface area contributed by atoms with E-state index in [9.17, 15) is 14.0 Å². The molecule has 150 valence electrons. The molecular formula is C22H20ClFN2O3. The number of halogens is 2. The van der Waals surface area contributed by atoms with Gasteiger partial charge in [-0.3, -0.25) is 9.59 Å². The quantitative estimate of drug-likeness (QED) is 0.577. The number of carbonyl (C=O) groups is 2. The van der Waals surface area contributed by atoms with Crippen LogP contribution in [-0.2, 0) is 22.6 Å². The van der Waals surface area contributed by atoms with E-state index >= 15 is 0 Å².